The number of H-pyrrole nitrogens is 1. The van der Waals surface area contributed by atoms with E-state index in [-0.39, 0.29) is 29.5 Å². The number of benzene rings is 1. The molecule has 0 spiro atoms. The number of thiophene rings is 1. The molecule has 0 atom stereocenters. The predicted octanol–water partition coefficient (Wildman–Crippen LogP) is 1.06. The van der Waals surface area contributed by atoms with Crippen molar-refractivity contribution in [3.63, 3.8) is 0 Å². The Morgan fingerprint density at radius 2 is 1.97 bits per heavy atom. The molecule has 2 aliphatic rings. The fourth-order valence-corrected chi connectivity index (χ4v) is 5.73. The predicted molar refractivity (Wildman–Crippen MR) is 143 cm³/mol. The number of aromatic carboxylic acids is 1. The van der Waals surface area contributed by atoms with E-state index in [2.05, 4.69) is 22.1 Å². The second-order valence-electron chi connectivity index (χ2n) is 8.61. The van der Waals surface area contributed by atoms with Crippen molar-refractivity contribution in [1.29, 1.82) is 0 Å². The average Bonchev–Trinajstić information content (AvgIpc) is 3.27. The average molecular weight is 546 g/mol. The maximum absolute atomic E-state index is 11.8. The minimum Gasteiger partial charge on any atom is -0.475 e. The van der Waals surface area contributed by atoms with Gasteiger partial charge >= 0.3 is 5.97 Å². The van der Waals surface area contributed by atoms with Crippen LogP contribution in [-0.2, 0) is 37.3 Å². The highest BCUT2D eigenvalue weighted by Crippen LogP contribution is 2.31. The maximum atomic E-state index is 11.8. The van der Waals surface area contributed by atoms with Crippen LogP contribution >= 0.6 is 23.7 Å². The van der Waals surface area contributed by atoms with Gasteiger partial charge in [-0.2, -0.15) is 0 Å². The Hall–Kier alpha value is -3.58. The quantitative estimate of drug-likeness (QED) is 0.272. The summed E-state index contributed by atoms with van der Waals surface area (Å²) < 4.78 is 5.30. The first-order valence-corrected chi connectivity index (χ1v) is 12.1. The number of aromatic nitrogens is 2. The van der Waals surface area contributed by atoms with Gasteiger partial charge in [-0.15, -0.1) is 23.7 Å². The highest BCUT2D eigenvalue weighted by atomic mass is 35.5. The monoisotopic (exact) mass is 545 g/mol. The number of rotatable bonds is 3. The summed E-state index contributed by atoms with van der Waals surface area (Å²) in [4.78, 5) is 54.9. The van der Waals surface area contributed by atoms with Crippen LogP contribution in [0.2, 0.25) is 0 Å². The molecule has 4 heterocycles. The third-order valence-corrected chi connectivity index (χ3v) is 7.53. The van der Waals surface area contributed by atoms with E-state index in [9.17, 15) is 19.2 Å². The number of carbonyl (C=O) groups is 1. The van der Waals surface area contributed by atoms with Crippen molar-refractivity contribution < 1.29 is 14.6 Å². The molecule has 0 amide bonds. The number of ether oxygens (including phenoxy) is 1. The molecule has 0 aliphatic carbocycles. The minimum absolute atomic E-state index is 0. The number of aromatic amines is 1. The van der Waals surface area contributed by atoms with Crippen LogP contribution in [0.3, 0.4) is 0 Å². The highest BCUT2D eigenvalue weighted by Gasteiger charge is 2.26. The van der Waals surface area contributed by atoms with Crippen molar-refractivity contribution in [2.45, 2.75) is 32.5 Å². The van der Waals surface area contributed by atoms with E-state index >= 15 is 0 Å². The summed E-state index contributed by atoms with van der Waals surface area (Å²) in [6, 6.07) is 6.17. The Balaban J connectivity index is 0.000000169. The Bertz CT molecular complexity index is 1640. The fourth-order valence-electron chi connectivity index (χ4n) is 4.57. The number of nitrogen functional groups attached to an aromatic ring is 1. The Morgan fingerprint density at radius 1 is 1.19 bits per heavy atom. The first-order valence-electron chi connectivity index (χ1n) is 11.3. The van der Waals surface area contributed by atoms with Crippen molar-refractivity contribution in [1.82, 2.24) is 9.97 Å². The molecule has 2 aromatic carbocycles. The summed E-state index contributed by atoms with van der Waals surface area (Å²) in [5.74, 6) is -1.55. The lowest BCUT2D eigenvalue weighted by atomic mass is 9.96. The number of nitrogens with zero attached hydrogens (tertiary/aromatic N) is 2. The molecule has 2 aromatic heterocycles. The number of nitrogens with two attached hydrogens (primary N) is 2. The number of hydrogen-bond acceptors (Lipinski definition) is 10. The molecule has 0 fully saturated rings. The van der Waals surface area contributed by atoms with Crippen LogP contribution < -0.4 is 32.8 Å². The zero-order valence-electron chi connectivity index (χ0n) is 19.5. The van der Waals surface area contributed by atoms with Crippen LogP contribution in [0.15, 0.2) is 32.6 Å². The standard InChI is InChI=1S/C14H15N3O2.C10H8N2O4S.ClH/c15-6-8-1-2-9-3-4-17(7-10(9)5-8)12-11(16)13(18)14(12)19;13-8-6-4-1-2-16-3-5(4)17-9(6)12-7(11-8)10(14)15;/h1-2,5H,3-4,6-7,15-16H2;1-3H2,(H,14,15)(H,11,12,13);1H. The van der Waals surface area contributed by atoms with E-state index < -0.39 is 16.8 Å². The van der Waals surface area contributed by atoms with Gasteiger partial charge in [0, 0.05) is 24.5 Å². The lowest BCUT2D eigenvalue weighted by Crippen LogP contribution is -2.44. The number of nitrogens with one attached hydrogen (secondary N) is 1. The molecule has 6 rings (SSSR count). The molecule has 6 N–H and O–H groups in total. The lowest BCUT2D eigenvalue weighted by Gasteiger charge is -2.31. The van der Waals surface area contributed by atoms with E-state index in [1.54, 1.807) is 0 Å². The van der Waals surface area contributed by atoms with Crippen LogP contribution in [-0.4, -0.2) is 34.2 Å². The third-order valence-electron chi connectivity index (χ3n) is 6.43. The summed E-state index contributed by atoms with van der Waals surface area (Å²) in [7, 11) is 0. The van der Waals surface area contributed by atoms with Gasteiger partial charge < -0.3 is 31.2 Å². The molecule has 0 saturated heterocycles. The van der Waals surface area contributed by atoms with E-state index in [0.717, 1.165) is 28.0 Å². The van der Waals surface area contributed by atoms with E-state index in [1.165, 1.54) is 16.9 Å². The number of carboxylic acids is 1. The van der Waals surface area contributed by atoms with Crippen LogP contribution in [0.25, 0.3) is 10.2 Å². The Kier molecular flexibility index (Phi) is 7.46. The van der Waals surface area contributed by atoms with Gasteiger partial charge in [-0.3, -0.25) is 14.4 Å². The van der Waals surface area contributed by atoms with Crippen LogP contribution in [0, 0.1) is 0 Å². The molecular formula is C24H24ClN5O6S. The van der Waals surface area contributed by atoms with Crippen molar-refractivity contribution >= 4 is 51.3 Å². The number of carboxylic acid groups (broad SMARTS) is 1. The van der Waals surface area contributed by atoms with Gasteiger partial charge in [-0.05, 0) is 35.1 Å². The number of anilines is 2. The molecule has 0 radical (unpaired) electrons. The van der Waals surface area contributed by atoms with Gasteiger partial charge in [-0.25, -0.2) is 9.78 Å². The first kappa shape index (κ1) is 26.5. The van der Waals surface area contributed by atoms with Gasteiger partial charge in [0.25, 0.3) is 16.4 Å². The minimum atomic E-state index is -1.23. The molecule has 4 aromatic rings. The van der Waals surface area contributed by atoms with Crippen LogP contribution in [0.5, 0.6) is 0 Å². The van der Waals surface area contributed by atoms with Crippen molar-refractivity contribution in [3.8, 4) is 0 Å². The van der Waals surface area contributed by atoms with Crippen molar-refractivity contribution in [2.75, 3.05) is 23.8 Å². The lowest BCUT2D eigenvalue weighted by molar-refractivity contribution is 0.0683. The van der Waals surface area contributed by atoms with Crippen molar-refractivity contribution in [3.05, 3.63) is 82.0 Å². The molecule has 11 nitrogen and oxygen atoms in total. The summed E-state index contributed by atoms with van der Waals surface area (Å²) in [5, 5.41) is 9.33. The van der Waals surface area contributed by atoms with Gasteiger partial charge in [0.15, 0.2) is 0 Å². The summed E-state index contributed by atoms with van der Waals surface area (Å²) in [6.07, 6.45) is 1.52. The summed E-state index contributed by atoms with van der Waals surface area (Å²) in [6.45, 7) is 2.87. The van der Waals surface area contributed by atoms with Crippen LogP contribution in [0.1, 0.15) is 37.7 Å². The van der Waals surface area contributed by atoms with E-state index in [0.29, 0.717) is 55.2 Å². The Labute approximate surface area is 219 Å². The molecule has 37 heavy (non-hydrogen) atoms. The van der Waals surface area contributed by atoms with Crippen LogP contribution in [0.4, 0.5) is 11.4 Å². The van der Waals surface area contributed by atoms with Crippen molar-refractivity contribution in [2.24, 2.45) is 5.73 Å². The highest BCUT2D eigenvalue weighted by molar-refractivity contribution is 7.18. The van der Waals surface area contributed by atoms with Gasteiger partial charge in [-0.1, -0.05) is 18.2 Å². The third kappa shape index (κ3) is 4.76. The maximum Gasteiger partial charge on any atom is 0.372 e. The molecule has 194 valence electrons. The second-order valence-corrected chi connectivity index (χ2v) is 9.69. The number of hydrogen-bond donors (Lipinski definition) is 4. The van der Waals surface area contributed by atoms with E-state index in [1.807, 2.05) is 11.0 Å². The SMILES string of the molecule is Cl.NCc1ccc2c(c1)CN(c1c(N)c(=O)c1=O)CC2.O=C(O)c1nc2sc3c(c2c(=O)[nH]1)CCOC3. The largest absolute Gasteiger partial charge is 0.475 e. The van der Waals surface area contributed by atoms with Gasteiger partial charge in [0.2, 0.25) is 5.82 Å². The zero-order chi connectivity index (χ0) is 25.6. The molecule has 13 heteroatoms. The zero-order valence-corrected chi connectivity index (χ0v) is 21.2. The smallest absolute Gasteiger partial charge is 0.372 e. The molecule has 2 aliphatic heterocycles. The topological polar surface area (TPSA) is 182 Å². The van der Waals surface area contributed by atoms with Gasteiger partial charge in [0.05, 0.1) is 18.6 Å². The molecular weight excluding hydrogens is 522 g/mol. The Morgan fingerprint density at radius 3 is 2.68 bits per heavy atom. The summed E-state index contributed by atoms with van der Waals surface area (Å²) in [5.41, 5.74) is 14.8. The normalized spacial score (nSPS) is 14.4. The first-order chi connectivity index (χ1) is 17.3. The number of fused-ring (bicyclic) bond motifs is 4. The molecule has 0 unspecified atom stereocenters. The van der Waals surface area contributed by atoms with E-state index in [4.69, 9.17) is 21.3 Å². The second kappa shape index (κ2) is 10.4. The fraction of sp³-hybridized carbons (Fsp3) is 0.292. The molecule has 0 saturated carbocycles. The van der Waals surface area contributed by atoms with Gasteiger partial charge in [0.1, 0.15) is 16.2 Å². The summed E-state index contributed by atoms with van der Waals surface area (Å²) >= 11 is 1.33. The number of halogens is 1. The molecule has 0 bridgehead atoms.